The minimum Gasteiger partial charge on any atom is -0.314 e. The molecule has 2 saturated heterocycles. The zero-order valence-corrected chi connectivity index (χ0v) is 9.75. The summed E-state index contributed by atoms with van der Waals surface area (Å²) in [7, 11) is 0. The van der Waals surface area contributed by atoms with Gasteiger partial charge in [0.2, 0.25) is 0 Å². The van der Waals surface area contributed by atoms with Crippen molar-refractivity contribution in [1.29, 1.82) is 0 Å². The Hall–Kier alpha value is -0.340. The molecule has 0 bridgehead atoms. The minimum atomic E-state index is 0.816. The zero-order chi connectivity index (χ0) is 10.5. The van der Waals surface area contributed by atoms with E-state index in [4.69, 9.17) is 0 Å². The van der Waals surface area contributed by atoms with E-state index in [1.54, 1.807) is 0 Å². The number of hydrogen-bond donors (Lipinski definition) is 1. The topological polar surface area (TPSA) is 15.3 Å². The Morgan fingerprint density at radius 1 is 1.33 bits per heavy atom. The van der Waals surface area contributed by atoms with Gasteiger partial charge in [0.25, 0.3) is 0 Å². The van der Waals surface area contributed by atoms with Gasteiger partial charge in [0, 0.05) is 19.1 Å². The third-order valence-corrected chi connectivity index (χ3v) is 3.86. The monoisotopic (exact) mass is 208 g/mol. The highest BCUT2D eigenvalue weighted by atomic mass is 15.1. The summed E-state index contributed by atoms with van der Waals surface area (Å²) in [5.74, 6) is 0.908. The van der Waals surface area contributed by atoms with Crippen LogP contribution < -0.4 is 5.32 Å². The van der Waals surface area contributed by atoms with E-state index in [2.05, 4.69) is 16.8 Å². The molecule has 0 aliphatic carbocycles. The summed E-state index contributed by atoms with van der Waals surface area (Å²) in [5, 5.41) is 3.66. The van der Waals surface area contributed by atoms with Gasteiger partial charge in [-0.05, 0) is 51.1 Å². The van der Waals surface area contributed by atoms with Crippen LogP contribution in [-0.4, -0.2) is 37.1 Å². The van der Waals surface area contributed by atoms with Gasteiger partial charge >= 0.3 is 0 Å². The van der Waals surface area contributed by atoms with E-state index in [1.807, 2.05) is 6.08 Å². The van der Waals surface area contributed by atoms with Crippen molar-refractivity contribution in [3.8, 4) is 0 Å². The van der Waals surface area contributed by atoms with Gasteiger partial charge in [0.1, 0.15) is 0 Å². The Balaban J connectivity index is 1.78. The standard InChI is InChI=1S/C13H24N2/c1-2-3-9-15-10-5-6-12(11-15)13-7-4-8-14-13/h2,12-14H,1,3-11H2. The molecule has 0 aromatic rings. The van der Waals surface area contributed by atoms with Gasteiger partial charge in [-0.3, -0.25) is 0 Å². The Morgan fingerprint density at radius 2 is 2.27 bits per heavy atom. The van der Waals surface area contributed by atoms with Crippen molar-refractivity contribution >= 4 is 0 Å². The van der Waals surface area contributed by atoms with E-state index in [1.165, 1.54) is 51.9 Å². The largest absolute Gasteiger partial charge is 0.314 e. The highest BCUT2D eigenvalue weighted by Crippen LogP contribution is 2.24. The van der Waals surface area contributed by atoms with E-state index in [0.29, 0.717) is 0 Å². The van der Waals surface area contributed by atoms with Crippen molar-refractivity contribution in [1.82, 2.24) is 10.2 Å². The molecule has 2 nitrogen and oxygen atoms in total. The second-order valence-corrected chi connectivity index (χ2v) is 4.98. The van der Waals surface area contributed by atoms with Crippen LogP contribution >= 0.6 is 0 Å². The van der Waals surface area contributed by atoms with Gasteiger partial charge in [0.05, 0.1) is 0 Å². The summed E-state index contributed by atoms with van der Waals surface area (Å²) < 4.78 is 0. The van der Waals surface area contributed by atoms with Gasteiger partial charge in [-0.1, -0.05) is 6.08 Å². The van der Waals surface area contributed by atoms with Crippen LogP contribution in [0.1, 0.15) is 32.1 Å². The fraction of sp³-hybridized carbons (Fsp3) is 0.846. The molecule has 15 heavy (non-hydrogen) atoms. The fourth-order valence-electron chi connectivity index (χ4n) is 3.01. The quantitative estimate of drug-likeness (QED) is 0.711. The van der Waals surface area contributed by atoms with E-state index in [-0.39, 0.29) is 0 Å². The number of nitrogens with one attached hydrogen (secondary N) is 1. The van der Waals surface area contributed by atoms with Crippen LogP contribution in [0.4, 0.5) is 0 Å². The minimum absolute atomic E-state index is 0.816. The second-order valence-electron chi connectivity index (χ2n) is 4.98. The molecule has 0 aromatic heterocycles. The molecule has 0 saturated carbocycles. The SMILES string of the molecule is C=CCCN1CCCC(C2CCCN2)C1. The number of likely N-dealkylation sites (tertiary alicyclic amines) is 1. The number of nitrogens with zero attached hydrogens (tertiary/aromatic N) is 1. The molecule has 2 unspecified atom stereocenters. The first kappa shape index (κ1) is 11.2. The first-order valence-electron chi connectivity index (χ1n) is 6.47. The van der Waals surface area contributed by atoms with Crippen LogP contribution in [0.2, 0.25) is 0 Å². The second kappa shape index (κ2) is 5.66. The normalized spacial score (nSPS) is 33.1. The molecular formula is C13H24N2. The maximum atomic E-state index is 3.80. The molecule has 86 valence electrons. The molecule has 2 rings (SSSR count). The predicted octanol–water partition coefficient (Wildman–Crippen LogP) is 2.03. The van der Waals surface area contributed by atoms with E-state index in [9.17, 15) is 0 Å². The Labute approximate surface area is 93.7 Å². The van der Waals surface area contributed by atoms with Crippen molar-refractivity contribution < 1.29 is 0 Å². The molecule has 2 atom stereocenters. The van der Waals surface area contributed by atoms with E-state index in [0.717, 1.165) is 18.4 Å². The average Bonchev–Trinajstić information content (AvgIpc) is 2.80. The summed E-state index contributed by atoms with van der Waals surface area (Å²) in [4.78, 5) is 2.62. The van der Waals surface area contributed by atoms with Crippen LogP contribution in [-0.2, 0) is 0 Å². The lowest BCUT2D eigenvalue weighted by atomic mass is 9.90. The summed E-state index contributed by atoms with van der Waals surface area (Å²) in [6, 6.07) is 0.816. The first-order chi connectivity index (χ1) is 7.40. The molecule has 0 radical (unpaired) electrons. The van der Waals surface area contributed by atoms with Crippen molar-refractivity contribution in [3.05, 3.63) is 12.7 Å². The van der Waals surface area contributed by atoms with Gasteiger partial charge < -0.3 is 10.2 Å². The molecule has 0 aromatic carbocycles. The molecule has 2 aliphatic heterocycles. The lowest BCUT2D eigenvalue weighted by Crippen LogP contribution is -2.43. The molecular weight excluding hydrogens is 184 g/mol. The fourth-order valence-corrected chi connectivity index (χ4v) is 3.01. The number of piperidine rings is 1. The van der Waals surface area contributed by atoms with Crippen LogP contribution in [0.25, 0.3) is 0 Å². The predicted molar refractivity (Wildman–Crippen MR) is 65.0 cm³/mol. The number of rotatable bonds is 4. The highest BCUT2D eigenvalue weighted by molar-refractivity contribution is 4.86. The maximum absolute atomic E-state index is 3.80. The van der Waals surface area contributed by atoms with Gasteiger partial charge in [-0.25, -0.2) is 0 Å². The van der Waals surface area contributed by atoms with Gasteiger partial charge in [-0.2, -0.15) is 0 Å². The third kappa shape index (κ3) is 3.05. The first-order valence-corrected chi connectivity index (χ1v) is 6.47. The Bertz CT molecular complexity index is 197. The van der Waals surface area contributed by atoms with Crippen molar-refractivity contribution in [2.75, 3.05) is 26.2 Å². The third-order valence-electron chi connectivity index (χ3n) is 3.86. The lowest BCUT2D eigenvalue weighted by Gasteiger charge is -2.35. The maximum Gasteiger partial charge on any atom is 0.0108 e. The summed E-state index contributed by atoms with van der Waals surface area (Å²) in [5.41, 5.74) is 0. The zero-order valence-electron chi connectivity index (χ0n) is 9.75. The molecule has 2 heteroatoms. The molecule has 0 amide bonds. The van der Waals surface area contributed by atoms with Crippen molar-refractivity contribution in [3.63, 3.8) is 0 Å². The molecule has 2 aliphatic rings. The summed E-state index contributed by atoms with van der Waals surface area (Å²) >= 11 is 0. The van der Waals surface area contributed by atoms with Crippen LogP contribution in [0.3, 0.4) is 0 Å². The van der Waals surface area contributed by atoms with E-state index >= 15 is 0 Å². The smallest absolute Gasteiger partial charge is 0.0108 e. The van der Waals surface area contributed by atoms with E-state index < -0.39 is 0 Å². The molecule has 2 heterocycles. The van der Waals surface area contributed by atoms with Crippen LogP contribution in [0.5, 0.6) is 0 Å². The lowest BCUT2D eigenvalue weighted by molar-refractivity contribution is 0.154. The Kier molecular flexibility index (Phi) is 4.21. The highest BCUT2D eigenvalue weighted by Gasteiger charge is 2.28. The Morgan fingerprint density at radius 3 is 3.00 bits per heavy atom. The van der Waals surface area contributed by atoms with Gasteiger partial charge in [0.15, 0.2) is 0 Å². The van der Waals surface area contributed by atoms with Crippen LogP contribution in [0.15, 0.2) is 12.7 Å². The number of hydrogen-bond acceptors (Lipinski definition) is 2. The summed E-state index contributed by atoms with van der Waals surface area (Å²) in [6.45, 7) is 8.88. The molecule has 1 N–H and O–H groups in total. The summed E-state index contributed by atoms with van der Waals surface area (Å²) in [6.07, 6.45) is 8.79. The van der Waals surface area contributed by atoms with Crippen molar-refractivity contribution in [2.24, 2.45) is 5.92 Å². The van der Waals surface area contributed by atoms with Crippen LogP contribution in [0, 0.1) is 5.92 Å². The molecule has 2 fully saturated rings. The van der Waals surface area contributed by atoms with Gasteiger partial charge in [-0.15, -0.1) is 6.58 Å². The van der Waals surface area contributed by atoms with Crippen molar-refractivity contribution in [2.45, 2.75) is 38.1 Å². The average molecular weight is 208 g/mol. The molecule has 0 spiro atoms.